The molecule has 0 saturated carbocycles. The number of carbonyl (C=O) groups excluding carboxylic acids is 1. The molecule has 0 unspecified atom stereocenters. The summed E-state index contributed by atoms with van der Waals surface area (Å²) in [6.45, 7) is 3.46. The van der Waals surface area contributed by atoms with Gasteiger partial charge in [0.15, 0.2) is 5.82 Å². The van der Waals surface area contributed by atoms with Crippen LogP contribution < -0.4 is 10.6 Å². The Labute approximate surface area is 140 Å². The number of fused-ring (bicyclic) bond motifs is 1. The first-order valence-electron chi connectivity index (χ1n) is 7.98. The smallest absolute Gasteiger partial charge is 0.236 e. The van der Waals surface area contributed by atoms with Crippen LogP contribution in [0.3, 0.4) is 0 Å². The molecule has 1 saturated heterocycles. The van der Waals surface area contributed by atoms with E-state index < -0.39 is 0 Å². The van der Waals surface area contributed by atoms with Crippen molar-refractivity contribution in [1.29, 1.82) is 5.26 Å². The first kappa shape index (κ1) is 16.1. The molecule has 0 aromatic carbocycles. The average Bonchev–Trinajstić information content (AvgIpc) is 2.96. The van der Waals surface area contributed by atoms with Gasteiger partial charge in [-0.25, -0.2) is 9.50 Å². The number of nitrogen functional groups attached to an aromatic ring is 1. The summed E-state index contributed by atoms with van der Waals surface area (Å²) < 4.78 is 1.66. The molecule has 3 heterocycles. The molecule has 2 aromatic rings. The minimum absolute atomic E-state index is 0.0716. The lowest BCUT2D eigenvalue weighted by atomic mass is 9.92. The summed E-state index contributed by atoms with van der Waals surface area (Å²) in [5.74, 6) is 1.64. The summed E-state index contributed by atoms with van der Waals surface area (Å²) in [5.41, 5.74) is 6.75. The lowest BCUT2D eigenvalue weighted by molar-refractivity contribution is -0.131. The molecule has 0 spiro atoms. The SMILES string of the molecule is C[C@@H]1CCN(C(=O)CC#N)C[C@@H]1N(C)c1ncnn2c(N)ccc12. The summed E-state index contributed by atoms with van der Waals surface area (Å²) in [7, 11) is 1.98. The number of nitrogens with two attached hydrogens (primary N) is 1. The Morgan fingerprint density at radius 2 is 2.33 bits per heavy atom. The van der Waals surface area contributed by atoms with E-state index in [-0.39, 0.29) is 18.4 Å². The second kappa shape index (κ2) is 6.35. The van der Waals surface area contributed by atoms with Gasteiger partial charge in [0.25, 0.3) is 0 Å². The summed E-state index contributed by atoms with van der Waals surface area (Å²) in [6, 6.07) is 5.75. The number of aromatic nitrogens is 3. The second-order valence-corrected chi connectivity index (χ2v) is 6.26. The Morgan fingerprint density at radius 3 is 3.08 bits per heavy atom. The van der Waals surface area contributed by atoms with Crippen molar-refractivity contribution in [1.82, 2.24) is 19.5 Å². The Morgan fingerprint density at radius 1 is 1.54 bits per heavy atom. The van der Waals surface area contributed by atoms with Gasteiger partial charge in [-0.2, -0.15) is 10.4 Å². The Hall–Kier alpha value is -2.82. The zero-order valence-electron chi connectivity index (χ0n) is 13.9. The predicted molar refractivity (Wildman–Crippen MR) is 90.2 cm³/mol. The highest BCUT2D eigenvalue weighted by molar-refractivity contribution is 5.78. The summed E-state index contributed by atoms with van der Waals surface area (Å²) in [6.07, 6.45) is 2.32. The van der Waals surface area contributed by atoms with Crippen LogP contribution in [-0.4, -0.2) is 51.6 Å². The summed E-state index contributed by atoms with van der Waals surface area (Å²) in [4.78, 5) is 20.3. The maximum atomic E-state index is 12.1. The van der Waals surface area contributed by atoms with Crippen molar-refractivity contribution < 1.29 is 4.79 Å². The van der Waals surface area contributed by atoms with Crippen LogP contribution in [0.25, 0.3) is 5.52 Å². The van der Waals surface area contributed by atoms with Crippen molar-refractivity contribution in [3.63, 3.8) is 0 Å². The van der Waals surface area contributed by atoms with Crippen LogP contribution in [0, 0.1) is 17.2 Å². The predicted octanol–water partition coefficient (Wildman–Crippen LogP) is 0.898. The number of carbonyl (C=O) groups is 1. The lowest BCUT2D eigenvalue weighted by Gasteiger charge is -2.42. The fourth-order valence-corrected chi connectivity index (χ4v) is 3.33. The first-order chi connectivity index (χ1) is 11.5. The number of likely N-dealkylation sites (N-methyl/N-ethyl adjacent to an activating group) is 1. The molecule has 126 valence electrons. The number of nitrogens with zero attached hydrogens (tertiary/aromatic N) is 6. The van der Waals surface area contributed by atoms with Crippen LogP contribution >= 0.6 is 0 Å². The van der Waals surface area contributed by atoms with Gasteiger partial charge in [-0.1, -0.05) is 6.92 Å². The first-order valence-corrected chi connectivity index (χ1v) is 7.98. The van der Waals surface area contributed by atoms with Crippen LogP contribution in [0.4, 0.5) is 11.6 Å². The van der Waals surface area contributed by atoms with Crippen LogP contribution in [0.1, 0.15) is 19.8 Å². The van der Waals surface area contributed by atoms with Gasteiger partial charge >= 0.3 is 0 Å². The molecule has 1 fully saturated rings. The molecule has 0 radical (unpaired) electrons. The second-order valence-electron chi connectivity index (χ2n) is 6.26. The number of rotatable bonds is 3. The quantitative estimate of drug-likeness (QED) is 0.898. The molecule has 0 aliphatic carbocycles. The zero-order valence-corrected chi connectivity index (χ0v) is 13.9. The van der Waals surface area contributed by atoms with Crippen LogP contribution in [0.5, 0.6) is 0 Å². The van der Waals surface area contributed by atoms with E-state index >= 15 is 0 Å². The molecule has 2 aromatic heterocycles. The van der Waals surface area contributed by atoms with Gasteiger partial charge in [-0.3, -0.25) is 4.79 Å². The van der Waals surface area contributed by atoms with E-state index in [4.69, 9.17) is 11.0 Å². The van der Waals surface area contributed by atoms with Crippen LogP contribution in [-0.2, 0) is 4.79 Å². The van der Waals surface area contributed by atoms with Gasteiger partial charge in [0.2, 0.25) is 5.91 Å². The highest BCUT2D eigenvalue weighted by Crippen LogP contribution is 2.28. The standard InChI is InChI=1S/C16H21N7O/c1-11-6-8-22(15(24)5-7-17)9-13(11)21(2)16-12-3-4-14(18)23(12)20-10-19-16/h3-4,10-11,13H,5-6,8-9,18H2,1-2H3/t11-,13+/m1/s1. The van der Waals surface area contributed by atoms with Crippen LogP contribution in [0.15, 0.2) is 18.5 Å². The van der Waals surface area contributed by atoms with Crippen molar-refractivity contribution >= 4 is 23.1 Å². The number of anilines is 2. The van der Waals surface area contributed by atoms with Crippen molar-refractivity contribution in [2.24, 2.45) is 5.92 Å². The number of hydrogen-bond acceptors (Lipinski definition) is 6. The van der Waals surface area contributed by atoms with E-state index in [0.29, 0.717) is 24.8 Å². The zero-order chi connectivity index (χ0) is 17.3. The Balaban J connectivity index is 1.88. The molecule has 0 bridgehead atoms. The van der Waals surface area contributed by atoms with E-state index in [1.165, 1.54) is 6.33 Å². The maximum Gasteiger partial charge on any atom is 0.236 e. The molecule has 8 nitrogen and oxygen atoms in total. The molecular formula is C16H21N7O. The highest BCUT2D eigenvalue weighted by atomic mass is 16.2. The molecule has 1 amide bonds. The fourth-order valence-electron chi connectivity index (χ4n) is 3.33. The third kappa shape index (κ3) is 2.73. The largest absolute Gasteiger partial charge is 0.384 e. The topological polar surface area (TPSA) is 104 Å². The van der Waals surface area contributed by atoms with Crippen molar-refractivity contribution in [3.8, 4) is 6.07 Å². The third-order valence-electron chi connectivity index (χ3n) is 4.79. The van der Waals surface area contributed by atoms with Gasteiger partial charge < -0.3 is 15.5 Å². The van der Waals surface area contributed by atoms with Crippen molar-refractivity contribution in [2.75, 3.05) is 30.8 Å². The monoisotopic (exact) mass is 327 g/mol. The number of nitriles is 1. The van der Waals surface area contributed by atoms with E-state index in [2.05, 4.69) is 21.9 Å². The van der Waals surface area contributed by atoms with E-state index in [9.17, 15) is 4.79 Å². The third-order valence-corrected chi connectivity index (χ3v) is 4.79. The van der Waals surface area contributed by atoms with Crippen molar-refractivity contribution in [2.45, 2.75) is 25.8 Å². The van der Waals surface area contributed by atoms with E-state index in [0.717, 1.165) is 17.8 Å². The normalized spacial score (nSPS) is 20.8. The highest BCUT2D eigenvalue weighted by Gasteiger charge is 2.32. The molecule has 24 heavy (non-hydrogen) atoms. The molecule has 8 heteroatoms. The fraction of sp³-hybridized carbons (Fsp3) is 0.500. The van der Waals surface area contributed by atoms with Crippen LogP contribution in [0.2, 0.25) is 0 Å². The summed E-state index contributed by atoms with van der Waals surface area (Å²) in [5, 5.41) is 12.9. The van der Waals surface area contributed by atoms with E-state index in [1.807, 2.05) is 19.2 Å². The lowest BCUT2D eigenvalue weighted by Crippen LogP contribution is -2.52. The molecule has 2 atom stereocenters. The number of piperidine rings is 1. The molecule has 3 rings (SSSR count). The summed E-state index contributed by atoms with van der Waals surface area (Å²) >= 11 is 0. The molecule has 1 aliphatic heterocycles. The van der Waals surface area contributed by atoms with E-state index in [1.54, 1.807) is 15.5 Å². The van der Waals surface area contributed by atoms with Gasteiger partial charge in [0.1, 0.15) is 24.1 Å². The van der Waals surface area contributed by atoms with Gasteiger partial charge in [0.05, 0.1) is 12.1 Å². The van der Waals surface area contributed by atoms with Gasteiger partial charge in [0, 0.05) is 20.1 Å². The number of amides is 1. The van der Waals surface area contributed by atoms with Crippen molar-refractivity contribution in [3.05, 3.63) is 18.5 Å². The minimum atomic E-state index is -0.109. The average molecular weight is 327 g/mol. The Kier molecular flexibility index (Phi) is 4.25. The van der Waals surface area contributed by atoms with Gasteiger partial charge in [-0.05, 0) is 24.5 Å². The Bertz CT molecular complexity index is 793. The molecule has 1 aliphatic rings. The number of hydrogen-bond donors (Lipinski definition) is 1. The van der Waals surface area contributed by atoms with Gasteiger partial charge in [-0.15, -0.1) is 0 Å². The minimum Gasteiger partial charge on any atom is -0.384 e. The molecular weight excluding hydrogens is 306 g/mol. The molecule has 2 N–H and O–H groups in total. The maximum absolute atomic E-state index is 12.1. The number of likely N-dealkylation sites (tertiary alicyclic amines) is 1.